The fourth-order valence-electron chi connectivity index (χ4n) is 3.28. The number of carbonyl (C=O) groups is 2. The van der Waals surface area contributed by atoms with E-state index < -0.39 is 38.9 Å². The summed E-state index contributed by atoms with van der Waals surface area (Å²) < 4.78 is 19.8. The minimum Gasteiger partial charge on any atom is -0.450 e. The molecule has 4 rings (SSSR count). The number of non-ortho nitro benzene ring substituents is 1. The van der Waals surface area contributed by atoms with E-state index in [9.17, 15) is 34.2 Å². The van der Waals surface area contributed by atoms with Gasteiger partial charge in [0, 0.05) is 6.07 Å². The van der Waals surface area contributed by atoms with Gasteiger partial charge in [-0.2, -0.15) is 0 Å². The van der Waals surface area contributed by atoms with Crippen molar-refractivity contribution in [2.24, 2.45) is 0 Å². The Kier molecular flexibility index (Phi) is 6.48. The molecule has 0 bridgehead atoms. The number of nitrogens with zero attached hydrogens (tertiary/aromatic N) is 3. The van der Waals surface area contributed by atoms with E-state index in [1.54, 1.807) is 0 Å². The summed E-state index contributed by atoms with van der Waals surface area (Å²) in [6.07, 6.45) is 1.27. The Balaban J connectivity index is 1.60. The predicted molar refractivity (Wildman–Crippen MR) is 129 cm³/mol. The summed E-state index contributed by atoms with van der Waals surface area (Å²) in [5.74, 6) is -2.35. The number of benzene rings is 3. The minimum atomic E-state index is -0.823. The first-order chi connectivity index (χ1) is 17.2. The lowest BCUT2D eigenvalue weighted by Gasteiger charge is -2.29. The van der Waals surface area contributed by atoms with Crippen LogP contribution < -0.4 is 15.0 Å². The van der Waals surface area contributed by atoms with Gasteiger partial charge in [0.25, 0.3) is 17.5 Å². The second kappa shape index (κ2) is 9.68. The molecule has 1 aliphatic heterocycles. The van der Waals surface area contributed by atoms with Crippen LogP contribution in [0.2, 0.25) is 0 Å². The highest BCUT2D eigenvalue weighted by molar-refractivity contribution is 7.80. The molecule has 3 aromatic carbocycles. The molecule has 0 aromatic heterocycles. The molecule has 0 spiro atoms. The van der Waals surface area contributed by atoms with Gasteiger partial charge in [-0.25, -0.2) is 9.29 Å². The molecule has 1 heterocycles. The van der Waals surface area contributed by atoms with Gasteiger partial charge in [0.2, 0.25) is 5.75 Å². The average Bonchev–Trinajstić information content (AvgIpc) is 2.84. The van der Waals surface area contributed by atoms with Gasteiger partial charge in [-0.1, -0.05) is 24.3 Å². The zero-order valence-corrected chi connectivity index (χ0v) is 18.7. The van der Waals surface area contributed by atoms with E-state index in [4.69, 9.17) is 17.0 Å². The molecule has 2 amide bonds. The van der Waals surface area contributed by atoms with Gasteiger partial charge < -0.3 is 4.74 Å². The molecule has 0 radical (unpaired) electrons. The lowest BCUT2D eigenvalue weighted by Crippen LogP contribution is -2.54. The number of para-hydroxylation sites is 1. The van der Waals surface area contributed by atoms with Crippen LogP contribution in [0.25, 0.3) is 6.08 Å². The number of rotatable bonds is 6. The van der Waals surface area contributed by atoms with Crippen LogP contribution in [0, 0.1) is 26.0 Å². The maximum atomic E-state index is 14.3. The van der Waals surface area contributed by atoms with E-state index in [1.165, 1.54) is 48.5 Å². The van der Waals surface area contributed by atoms with Crippen molar-refractivity contribution < 1.29 is 28.6 Å². The van der Waals surface area contributed by atoms with Crippen molar-refractivity contribution in [3.63, 3.8) is 0 Å². The van der Waals surface area contributed by atoms with Gasteiger partial charge in [0.05, 0.1) is 21.6 Å². The number of halogens is 1. The zero-order chi connectivity index (χ0) is 26.0. The molecular formula is C23H13FN4O7S. The summed E-state index contributed by atoms with van der Waals surface area (Å²) in [4.78, 5) is 46.9. The Morgan fingerprint density at radius 2 is 1.67 bits per heavy atom. The number of hydrogen-bond acceptors (Lipinski definition) is 8. The number of hydrogen-bond donors (Lipinski definition) is 1. The van der Waals surface area contributed by atoms with E-state index in [0.29, 0.717) is 5.56 Å². The predicted octanol–water partition coefficient (Wildman–Crippen LogP) is 4.27. The van der Waals surface area contributed by atoms with Crippen molar-refractivity contribution >= 4 is 52.3 Å². The number of ether oxygens (including phenoxy) is 1. The molecule has 1 aliphatic rings. The van der Waals surface area contributed by atoms with Gasteiger partial charge in [-0.15, -0.1) is 0 Å². The van der Waals surface area contributed by atoms with E-state index in [1.807, 2.05) is 0 Å². The Hall–Kier alpha value is -5.04. The first-order valence-electron chi connectivity index (χ1n) is 10.0. The second-order valence-electron chi connectivity index (χ2n) is 7.25. The maximum Gasteiger partial charge on any atom is 0.318 e. The van der Waals surface area contributed by atoms with Crippen molar-refractivity contribution in [1.29, 1.82) is 0 Å². The number of anilines is 1. The number of nitro groups is 2. The van der Waals surface area contributed by atoms with Crippen molar-refractivity contribution in [3.05, 3.63) is 104 Å². The van der Waals surface area contributed by atoms with Crippen LogP contribution in [0.15, 0.2) is 72.3 Å². The largest absolute Gasteiger partial charge is 0.450 e. The number of nitro benzene ring substituents is 2. The minimum absolute atomic E-state index is 0.119. The lowest BCUT2D eigenvalue weighted by atomic mass is 10.1. The van der Waals surface area contributed by atoms with Crippen LogP contribution in [-0.2, 0) is 9.59 Å². The van der Waals surface area contributed by atoms with Gasteiger partial charge in [-0.3, -0.25) is 35.1 Å². The van der Waals surface area contributed by atoms with Crippen molar-refractivity contribution in [2.75, 3.05) is 4.90 Å². The quantitative estimate of drug-likeness (QED) is 0.171. The van der Waals surface area contributed by atoms with Gasteiger partial charge >= 0.3 is 5.69 Å². The molecule has 11 nitrogen and oxygen atoms in total. The van der Waals surface area contributed by atoms with Crippen LogP contribution >= 0.6 is 12.2 Å². The molecule has 1 N–H and O–H groups in total. The zero-order valence-electron chi connectivity index (χ0n) is 17.9. The molecule has 3 aromatic rings. The van der Waals surface area contributed by atoms with Crippen molar-refractivity contribution in [3.8, 4) is 11.5 Å². The number of carbonyl (C=O) groups excluding carboxylic acids is 2. The molecule has 0 aliphatic carbocycles. The fraction of sp³-hybridized carbons (Fsp3) is 0. The van der Waals surface area contributed by atoms with Crippen LogP contribution in [-0.4, -0.2) is 26.8 Å². The topological polar surface area (TPSA) is 145 Å². The second-order valence-corrected chi connectivity index (χ2v) is 7.63. The Morgan fingerprint density at radius 3 is 2.31 bits per heavy atom. The standard InChI is InChI=1S/C23H13FN4O7S/c24-17-3-1-2-4-18(17)26-22(30)16(21(29)25-23(26)36)11-13-5-8-15(9-6-13)35-20-10-7-14(27(31)32)12-19(20)28(33)34/h1-12H,(H,25,29,36)/b16-11+. The molecule has 36 heavy (non-hydrogen) atoms. The van der Waals surface area contributed by atoms with Gasteiger partial charge in [-0.05, 0) is 54.2 Å². The molecule has 0 unspecified atom stereocenters. The lowest BCUT2D eigenvalue weighted by molar-refractivity contribution is -0.394. The summed E-state index contributed by atoms with van der Waals surface area (Å²) in [5, 5.41) is 24.3. The molecule has 0 saturated carbocycles. The number of thiocarbonyl (C=S) groups is 1. The van der Waals surface area contributed by atoms with Gasteiger partial charge in [0.1, 0.15) is 17.1 Å². The monoisotopic (exact) mass is 508 g/mol. The molecular weight excluding hydrogens is 495 g/mol. The first kappa shape index (κ1) is 24.1. The summed E-state index contributed by atoms with van der Waals surface area (Å²) >= 11 is 5.05. The molecule has 0 atom stereocenters. The Bertz CT molecular complexity index is 1470. The number of nitrogens with one attached hydrogen (secondary N) is 1. The normalized spacial score (nSPS) is 14.5. The molecule has 1 fully saturated rings. The van der Waals surface area contributed by atoms with Crippen LogP contribution in [0.1, 0.15) is 5.56 Å². The third-order valence-corrected chi connectivity index (χ3v) is 5.25. The van der Waals surface area contributed by atoms with E-state index in [2.05, 4.69) is 5.32 Å². The fourth-order valence-corrected chi connectivity index (χ4v) is 3.56. The Morgan fingerprint density at radius 1 is 0.972 bits per heavy atom. The maximum absolute atomic E-state index is 14.3. The highest BCUT2D eigenvalue weighted by atomic mass is 32.1. The summed E-state index contributed by atoms with van der Waals surface area (Å²) in [7, 11) is 0. The smallest absolute Gasteiger partial charge is 0.318 e. The van der Waals surface area contributed by atoms with Crippen LogP contribution in [0.3, 0.4) is 0 Å². The summed E-state index contributed by atoms with van der Waals surface area (Å²) in [6.45, 7) is 0. The summed E-state index contributed by atoms with van der Waals surface area (Å²) in [5.41, 5.74) is -1.09. The van der Waals surface area contributed by atoms with Crippen molar-refractivity contribution in [2.45, 2.75) is 0 Å². The van der Waals surface area contributed by atoms with E-state index in [-0.39, 0.29) is 27.9 Å². The SMILES string of the molecule is O=C1NC(=S)N(c2ccccc2F)C(=O)/C1=C/c1ccc(Oc2ccc([N+](=O)[O-])cc2[N+](=O)[O-])cc1. The highest BCUT2D eigenvalue weighted by Gasteiger charge is 2.35. The van der Waals surface area contributed by atoms with Gasteiger partial charge in [0.15, 0.2) is 5.11 Å². The molecule has 1 saturated heterocycles. The van der Waals surface area contributed by atoms with E-state index in [0.717, 1.165) is 29.2 Å². The number of amides is 2. The molecule has 13 heteroatoms. The highest BCUT2D eigenvalue weighted by Crippen LogP contribution is 2.34. The van der Waals surface area contributed by atoms with Crippen LogP contribution in [0.5, 0.6) is 11.5 Å². The third kappa shape index (κ3) is 4.76. The summed E-state index contributed by atoms with van der Waals surface area (Å²) in [6, 6.07) is 14.2. The average molecular weight is 508 g/mol. The van der Waals surface area contributed by atoms with Crippen molar-refractivity contribution in [1.82, 2.24) is 5.32 Å². The first-order valence-corrected chi connectivity index (χ1v) is 10.4. The molecule has 180 valence electrons. The Labute approximate surface area is 206 Å². The van der Waals surface area contributed by atoms with Crippen LogP contribution in [0.4, 0.5) is 21.5 Å². The van der Waals surface area contributed by atoms with E-state index >= 15 is 0 Å². The third-order valence-electron chi connectivity index (χ3n) is 4.96.